The van der Waals surface area contributed by atoms with Crippen LogP contribution >= 0.6 is 0 Å². The summed E-state index contributed by atoms with van der Waals surface area (Å²) < 4.78 is 0. The second kappa shape index (κ2) is 9.19. The molecule has 1 aliphatic rings. The highest BCUT2D eigenvalue weighted by atomic mass is 16.3. The molecule has 1 saturated heterocycles. The number of nitrogens with one attached hydrogen (secondary N) is 2. The molecule has 1 aromatic carbocycles. The minimum Gasteiger partial charge on any atom is -0.391 e. The molecule has 2 aromatic rings. The third kappa shape index (κ3) is 4.78. The van der Waals surface area contributed by atoms with Crippen molar-refractivity contribution >= 4 is 5.78 Å². The topological polar surface area (TPSA) is 104 Å². The number of hydrogen-bond acceptors (Lipinski definition) is 6. The molecule has 1 aromatic heterocycles. The number of aliphatic hydroxyl groups excluding tert-OH is 1. The van der Waals surface area contributed by atoms with E-state index in [1.165, 1.54) is 5.56 Å². The molecule has 0 spiro atoms. The van der Waals surface area contributed by atoms with Crippen LogP contribution in [0.1, 0.15) is 61.9 Å². The van der Waals surface area contributed by atoms with Crippen molar-refractivity contribution in [1.82, 2.24) is 25.9 Å². The SMILES string of the molecule is CCC[C@H](C(C)=O)[C@H](Cc1ccc(C2CCNCC2O)cc1)c1nnn[nH]1. The van der Waals surface area contributed by atoms with Gasteiger partial charge in [0.15, 0.2) is 5.82 Å². The monoisotopic (exact) mass is 371 g/mol. The highest BCUT2D eigenvalue weighted by molar-refractivity contribution is 5.79. The van der Waals surface area contributed by atoms with E-state index in [2.05, 4.69) is 57.1 Å². The average Bonchev–Trinajstić information content (AvgIpc) is 3.20. The predicted molar refractivity (Wildman–Crippen MR) is 102 cm³/mol. The van der Waals surface area contributed by atoms with Crippen LogP contribution in [0.15, 0.2) is 24.3 Å². The first-order valence-corrected chi connectivity index (χ1v) is 9.81. The van der Waals surface area contributed by atoms with Gasteiger partial charge < -0.3 is 10.4 Å². The van der Waals surface area contributed by atoms with Crippen LogP contribution in [0.4, 0.5) is 0 Å². The van der Waals surface area contributed by atoms with Crippen LogP contribution < -0.4 is 5.32 Å². The number of hydrogen-bond donors (Lipinski definition) is 3. The number of nitrogens with zero attached hydrogens (tertiary/aromatic N) is 3. The van der Waals surface area contributed by atoms with Crippen molar-refractivity contribution in [2.24, 2.45) is 5.92 Å². The molecule has 4 atom stereocenters. The van der Waals surface area contributed by atoms with Gasteiger partial charge in [-0.05, 0) is 54.3 Å². The van der Waals surface area contributed by atoms with Gasteiger partial charge in [0.25, 0.3) is 0 Å². The summed E-state index contributed by atoms with van der Waals surface area (Å²) in [4.78, 5) is 12.2. The first kappa shape index (κ1) is 19.6. The van der Waals surface area contributed by atoms with Crippen LogP contribution in [-0.4, -0.2) is 50.7 Å². The highest BCUT2D eigenvalue weighted by Crippen LogP contribution is 2.31. The largest absolute Gasteiger partial charge is 0.391 e. The molecule has 7 heteroatoms. The third-order valence-electron chi connectivity index (χ3n) is 5.63. The summed E-state index contributed by atoms with van der Waals surface area (Å²) in [6.07, 6.45) is 3.06. The Morgan fingerprint density at radius 3 is 2.70 bits per heavy atom. The van der Waals surface area contributed by atoms with Gasteiger partial charge in [-0.15, -0.1) is 5.10 Å². The number of piperidine rings is 1. The first-order valence-electron chi connectivity index (χ1n) is 9.81. The molecule has 2 heterocycles. The Hall–Kier alpha value is -2.12. The molecule has 0 aliphatic carbocycles. The van der Waals surface area contributed by atoms with Gasteiger partial charge in [-0.1, -0.05) is 37.6 Å². The standard InChI is InChI=1S/C20H29N5O2/c1-3-4-16(13(2)26)18(20-22-24-25-23-20)11-14-5-7-15(8-6-14)17-9-10-21-12-19(17)27/h5-8,16-19,21,27H,3-4,9-12H2,1-2H3,(H,22,23,24,25)/t16-,17?,18+,19?/m1/s1. The molecule has 1 aliphatic heterocycles. The van der Waals surface area contributed by atoms with Crippen LogP contribution in [0, 0.1) is 5.92 Å². The number of Topliss-reactive ketones (excluding diaryl/α,β-unsaturated/α-hetero) is 1. The number of β-amino-alcohol motifs (C(OH)–C–C–N with tert-alkyl or cyclic N) is 1. The van der Waals surface area contributed by atoms with Gasteiger partial charge in [-0.25, -0.2) is 5.10 Å². The summed E-state index contributed by atoms with van der Waals surface area (Å²) in [7, 11) is 0. The molecular weight excluding hydrogens is 342 g/mol. The zero-order valence-electron chi connectivity index (χ0n) is 16.1. The van der Waals surface area contributed by atoms with E-state index in [-0.39, 0.29) is 29.6 Å². The van der Waals surface area contributed by atoms with Crippen molar-refractivity contribution in [1.29, 1.82) is 0 Å². The summed E-state index contributed by atoms with van der Waals surface area (Å²) >= 11 is 0. The molecule has 27 heavy (non-hydrogen) atoms. The van der Waals surface area contributed by atoms with E-state index >= 15 is 0 Å². The van der Waals surface area contributed by atoms with E-state index in [9.17, 15) is 9.90 Å². The van der Waals surface area contributed by atoms with Gasteiger partial charge in [-0.2, -0.15) is 0 Å². The normalized spacial score (nSPS) is 22.3. The number of tetrazole rings is 1. The fourth-order valence-electron chi connectivity index (χ4n) is 4.14. The maximum atomic E-state index is 12.2. The Kier molecular flexibility index (Phi) is 6.68. The van der Waals surface area contributed by atoms with Crippen molar-refractivity contribution in [3.05, 3.63) is 41.2 Å². The van der Waals surface area contributed by atoms with Gasteiger partial charge in [0.1, 0.15) is 5.78 Å². The van der Waals surface area contributed by atoms with Crippen molar-refractivity contribution in [2.75, 3.05) is 13.1 Å². The number of aliphatic hydroxyl groups is 1. The van der Waals surface area contributed by atoms with Crippen molar-refractivity contribution in [3.63, 3.8) is 0 Å². The Balaban J connectivity index is 1.78. The molecule has 0 amide bonds. The Morgan fingerprint density at radius 1 is 1.33 bits per heavy atom. The highest BCUT2D eigenvalue weighted by Gasteiger charge is 2.30. The minimum absolute atomic E-state index is 0.0622. The fraction of sp³-hybridized carbons (Fsp3) is 0.600. The third-order valence-corrected chi connectivity index (χ3v) is 5.63. The number of benzene rings is 1. The molecule has 7 nitrogen and oxygen atoms in total. The number of carbonyl (C=O) groups is 1. The molecule has 146 valence electrons. The second-order valence-corrected chi connectivity index (χ2v) is 7.51. The number of aromatic amines is 1. The van der Waals surface area contributed by atoms with Crippen molar-refractivity contribution < 1.29 is 9.90 Å². The van der Waals surface area contributed by atoms with E-state index in [1.54, 1.807) is 6.92 Å². The summed E-state index contributed by atoms with van der Waals surface area (Å²) in [5.74, 6) is 0.859. The Bertz CT molecular complexity index is 716. The lowest BCUT2D eigenvalue weighted by Gasteiger charge is -2.29. The van der Waals surface area contributed by atoms with Crippen molar-refractivity contribution in [2.45, 2.75) is 57.5 Å². The van der Waals surface area contributed by atoms with Crippen LogP contribution in [0.5, 0.6) is 0 Å². The zero-order chi connectivity index (χ0) is 19.2. The summed E-state index contributed by atoms with van der Waals surface area (Å²) in [5, 5.41) is 27.8. The Morgan fingerprint density at radius 2 is 2.11 bits per heavy atom. The lowest BCUT2D eigenvalue weighted by molar-refractivity contribution is -0.121. The molecule has 0 saturated carbocycles. The number of rotatable bonds is 8. The van der Waals surface area contributed by atoms with Crippen LogP contribution in [0.25, 0.3) is 0 Å². The van der Waals surface area contributed by atoms with Gasteiger partial charge >= 0.3 is 0 Å². The number of H-pyrrole nitrogens is 1. The minimum atomic E-state index is -0.343. The van der Waals surface area contributed by atoms with Gasteiger partial charge in [-0.3, -0.25) is 4.79 Å². The zero-order valence-corrected chi connectivity index (χ0v) is 16.1. The lowest BCUT2D eigenvalue weighted by Crippen LogP contribution is -2.39. The van der Waals surface area contributed by atoms with Gasteiger partial charge in [0.05, 0.1) is 6.10 Å². The summed E-state index contributed by atoms with van der Waals surface area (Å²) in [5.41, 5.74) is 2.31. The molecule has 0 radical (unpaired) electrons. The van der Waals surface area contributed by atoms with Crippen LogP contribution in [0.3, 0.4) is 0 Å². The molecule has 3 rings (SSSR count). The fourth-order valence-corrected chi connectivity index (χ4v) is 4.14. The first-order chi connectivity index (χ1) is 13.1. The van der Waals surface area contributed by atoms with E-state index in [1.807, 2.05) is 0 Å². The van der Waals surface area contributed by atoms with Crippen LogP contribution in [0.2, 0.25) is 0 Å². The van der Waals surface area contributed by atoms with Gasteiger partial charge in [0.2, 0.25) is 0 Å². The second-order valence-electron chi connectivity index (χ2n) is 7.51. The average molecular weight is 371 g/mol. The predicted octanol–water partition coefficient (Wildman–Crippen LogP) is 1.97. The Labute approximate surface area is 160 Å². The summed E-state index contributed by atoms with van der Waals surface area (Å²) in [6.45, 7) is 5.31. The van der Waals surface area contributed by atoms with E-state index in [0.29, 0.717) is 18.8 Å². The smallest absolute Gasteiger partial charge is 0.152 e. The van der Waals surface area contributed by atoms with E-state index in [0.717, 1.165) is 31.4 Å². The van der Waals surface area contributed by atoms with E-state index in [4.69, 9.17) is 0 Å². The molecule has 3 N–H and O–H groups in total. The molecule has 0 bridgehead atoms. The number of carbonyl (C=O) groups excluding carboxylic acids is 1. The van der Waals surface area contributed by atoms with Crippen LogP contribution in [-0.2, 0) is 11.2 Å². The lowest BCUT2D eigenvalue weighted by atomic mass is 9.80. The van der Waals surface area contributed by atoms with Crippen molar-refractivity contribution in [3.8, 4) is 0 Å². The maximum absolute atomic E-state index is 12.2. The molecule has 1 fully saturated rings. The van der Waals surface area contributed by atoms with E-state index < -0.39 is 0 Å². The number of ketones is 1. The molecule has 2 unspecified atom stereocenters. The quantitative estimate of drug-likeness (QED) is 0.655. The molecular formula is C20H29N5O2. The number of aromatic nitrogens is 4. The maximum Gasteiger partial charge on any atom is 0.152 e. The summed E-state index contributed by atoms with van der Waals surface area (Å²) in [6, 6.07) is 8.41. The van der Waals surface area contributed by atoms with Gasteiger partial charge in [0, 0.05) is 24.3 Å².